The van der Waals surface area contributed by atoms with Crippen molar-refractivity contribution in [1.29, 1.82) is 0 Å². The van der Waals surface area contributed by atoms with Crippen molar-refractivity contribution in [2.75, 3.05) is 39.4 Å². The molecule has 1 aromatic carbocycles. The summed E-state index contributed by atoms with van der Waals surface area (Å²) in [5.41, 5.74) is 0. The number of quaternary nitrogens is 1. The molecular weight excluding hydrogens is 341 g/mol. The lowest BCUT2D eigenvalue weighted by Crippen LogP contribution is -2.49. The first kappa shape index (κ1) is 14.1. The van der Waals surface area contributed by atoms with Crippen molar-refractivity contribution in [2.24, 2.45) is 0 Å². The molecule has 1 aromatic rings. The fraction of sp³-hybridized carbons (Fsp3) is 0.571. The first-order valence-corrected chi connectivity index (χ1v) is 7.67. The molecule has 3 nitrogen and oxygen atoms in total. The Balaban J connectivity index is 1.85. The van der Waals surface area contributed by atoms with Gasteiger partial charge in [-0.3, -0.25) is 0 Å². The predicted octanol–water partition coefficient (Wildman–Crippen LogP) is 2.27. The monoisotopic (exact) mass is 362 g/mol. The standard InChI is InChI=1S/C14H21INO2/c15-13-5-1-2-6-14(13)18-12-10-16(9-11-17)7-3-4-8-16/h1-2,5-6,17H,3-4,7-12H2/q+1. The van der Waals surface area contributed by atoms with Gasteiger partial charge in [0.05, 0.1) is 23.3 Å². The Morgan fingerprint density at radius 3 is 2.56 bits per heavy atom. The number of nitrogens with zero attached hydrogens (tertiary/aromatic N) is 1. The highest BCUT2D eigenvalue weighted by atomic mass is 127. The zero-order valence-electron chi connectivity index (χ0n) is 10.6. The molecule has 0 atom stereocenters. The van der Waals surface area contributed by atoms with E-state index in [1.165, 1.54) is 25.9 Å². The minimum atomic E-state index is 0.281. The molecule has 1 heterocycles. The van der Waals surface area contributed by atoms with Gasteiger partial charge in [-0.15, -0.1) is 0 Å². The SMILES string of the molecule is OCC[N+]1(CCOc2ccccc2I)CCCC1. The van der Waals surface area contributed by atoms with E-state index in [0.717, 1.165) is 33.5 Å². The van der Waals surface area contributed by atoms with Crippen molar-refractivity contribution >= 4 is 22.6 Å². The maximum atomic E-state index is 9.19. The molecule has 0 spiro atoms. The molecule has 1 fully saturated rings. The van der Waals surface area contributed by atoms with Crippen molar-refractivity contribution in [3.63, 3.8) is 0 Å². The van der Waals surface area contributed by atoms with E-state index in [9.17, 15) is 5.11 Å². The summed E-state index contributed by atoms with van der Waals surface area (Å²) in [6, 6.07) is 8.10. The average molecular weight is 362 g/mol. The Kier molecular flexibility index (Phi) is 5.26. The van der Waals surface area contributed by atoms with Crippen LogP contribution in [0.4, 0.5) is 0 Å². The summed E-state index contributed by atoms with van der Waals surface area (Å²) in [4.78, 5) is 0. The van der Waals surface area contributed by atoms with Crippen LogP contribution in [0, 0.1) is 3.57 Å². The van der Waals surface area contributed by atoms with Gasteiger partial charge in [-0.25, -0.2) is 0 Å². The van der Waals surface area contributed by atoms with Crippen molar-refractivity contribution in [3.8, 4) is 5.75 Å². The zero-order valence-corrected chi connectivity index (χ0v) is 12.8. The first-order valence-electron chi connectivity index (χ1n) is 6.59. The number of rotatable bonds is 6. The number of likely N-dealkylation sites (tertiary alicyclic amines) is 1. The summed E-state index contributed by atoms with van der Waals surface area (Å²) in [7, 11) is 0. The molecule has 0 amide bonds. The smallest absolute Gasteiger partial charge is 0.137 e. The minimum absolute atomic E-state index is 0.281. The number of para-hydroxylation sites is 1. The third-order valence-corrected chi connectivity index (χ3v) is 4.64. The van der Waals surface area contributed by atoms with E-state index in [4.69, 9.17) is 4.74 Å². The number of halogens is 1. The Hall–Kier alpha value is -0.330. The van der Waals surface area contributed by atoms with E-state index in [-0.39, 0.29) is 6.61 Å². The predicted molar refractivity (Wildman–Crippen MR) is 80.7 cm³/mol. The molecule has 2 rings (SSSR count). The zero-order chi connectivity index (χ0) is 12.8. The van der Waals surface area contributed by atoms with E-state index in [1.807, 2.05) is 18.2 Å². The number of hydrogen-bond donors (Lipinski definition) is 1. The number of benzene rings is 1. The van der Waals surface area contributed by atoms with Gasteiger partial charge in [-0.05, 0) is 34.7 Å². The molecule has 0 aromatic heterocycles. The van der Waals surface area contributed by atoms with Gasteiger partial charge >= 0.3 is 0 Å². The highest BCUT2D eigenvalue weighted by Crippen LogP contribution is 2.21. The van der Waals surface area contributed by atoms with Crippen LogP contribution < -0.4 is 4.74 Å². The summed E-state index contributed by atoms with van der Waals surface area (Å²) < 4.78 is 8.05. The van der Waals surface area contributed by atoms with Crippen molar-refractivity contribution < 1.29 is 14.3 Å². The molecule has 0 saturated carbocycles. The summed E-state index contributed by atoms with van der Waals surface area (Å²) in [6.45, 7) is 5.27. The fourth-order valence-electron chi connectivity index (χ4n) is 2.69. The molecule has 0 radical (unpaired) electrons. The third-order valence-electron chi connectivity index (χ3n) is 3.75. The largest absolute Gasteiger partial charge is 0.487 e. The summed E-state index contributed by atoms with van der Waals surface area (Å²) in [6.07, 6.45) is 2.56. The van der Waals surface area contributed by atoms with Crippen LogP contribution in [0.2, 0.25) is 0 Å². The molecule has 18 heavy (non-hydrogen) atoms. The van der Waals surface area contributed by atoms with Gasteiger partial charge in [0.2, 0.25) is 0 Å². The van der Waals surface area contributed by atoms with Crippen LogP contribution in [0.5, 0.6) is 5.75 Å². The molecule has 0 aliphatic carbocycles. The number of aliphatic hydroxyl groups is 1. The van der Waals surface area contributed by atoms with E-state index >= 15 is 0 Å². The lowest BCUT2D eigenvalue weighted by molar-refractivity contribution is -0.917. The Morgan fingerprint density at radius 1 is 1.17 bits per heavy atom. The molecule has 100 valence electrons. The molecule has 1 aliphatic heterocycles. The Bertz CT molecular complexity index is 378. The lowest BCUT2D eigenvalue weighted by atomic mass is 10.3. The van der Waals surface area contributed by atoms with E-state index in [1.54, 1.807) is 0 Å². The Morgan fingerprint density at radius 2 is 1.89 bits per heavy atom. The van der Waals surface area contributed by atoms with Crippen LogP contribution in [0.3, 0.4) is 0 Å². The average Bonchev–Trinajstić information content (AvgIpc) is 2.81. The second-order valence-corrected chi connectivity index (χ2v) is 6.11. The van der Waals surface area contributed by atoms with Crippen LogP contribution in [0.25, 0.3) is 0 Å². The minimum Gasteiger partial charge on any atom is -0.487 e. The highest BCUT2D eigenvalue weighted by molar-refractivity contribution is 14.1. The van der Waals surface area contributed by atoms with Gasteiger partial charge in [0.15, 0.2) is 0 Å². The topological polar surface area (TPSA) is 29.5 Å². The number of hydrogen-bond acceptors (Lipinski definition) is 2. The van der Waals surface area contributed by atoms with Gasteiger partial charge < -0.3 is 14.3 Å². The summed E-state index contributed by atoms with van der Waals surface area (Å²) >= 11 is 2.30. The van der Waals surface area contributed by atoms with E-state index in [2.05, 4.69) is 28.7 Å². The molecule has 1 saturated heterocycles. The quantitative estimate of drug-likeness (QED) is 0.622. The molecule has 4 heteroatoms. The van der Waals surface area contributed by atoms with Gasteiger partial charge in [0.25, 0.3) is 0 Å². The van der Waals surface area contributed by atoms with E-state index in [0.29, 0.717) is 0 Å². The second kappa shape index (κ2) is 6.73. The van der Waals surface area contributed by atoms with Gasteiger partial charge in [0, 0.05) is 12.8 Å². The van der Waals surface area contributed by atoms with Crippen molar-refractivity contribution in [2.45, 2.75) is 12.8 Å². The second-order valence-electron chi connectivity index (χ2n) is 4.95. The van der Waals surface area contributed by atoms with Crippen LogP contribution >= 0.6 is 22.6 Å². The number of ether oxygens (including phenoxy) is 1. The highest BCUT2D eigenvalue weighted by Gasteiger charge is 2.31. The van der Waals surface area contributed by atoms with Gasteiger partial charge in [-0.2, -0.15) is 0 Å². The molecule has 0 unspecified atom stereocenters. The van der Waals surface area contributed by atoms with E-state index < -0.39 is 0 Å². The third kappa shape index (κ3) is 3.59. The fourth-order valence-corrected chi connectivity index (χ4v) is 3.23. The van der Waals surface area contributed by atoms with Crippen molar-refractivity contribution in [3.05, 3.63) is 27.8 Å². The van der Waals surface area contributed by atoms with Crippen LogP contribution in [-0.4, -0.2) is 49.0 Å². The molecule has 0 bridgehead atoms. The van der Waals surface area contributed by atoms with Crippen LogP contribution in [0.15, 0.2) is 24.3 Å². The molecule has 1 N–H and O–H groups in total. The van der Waals surface area contributed by atoms with Crippen molar-refractivity contribution in [1.82, 2.24) is 0 Å². The molecule has 1 aliphatic rings. The van der Waals surface area contributed by atoms with Crippen LogP contribution in [-0.2, 0) is 0 Å². The van der Waals surface area contributed by atoms with Gasteiger partial charge in [0.1, 0.15) is 25.4 Å². The number of aliphatic hydroxyl groups excluding tert-OH is 1. The van der Waals surface area contributed by atoms with Crippen LogP contribution in [0.1, 0.15) is 12.8 Å². The lowest BCUT2D eigenvalue weighted by Gasteiger charge is -2.33. The maximum absolute atomic E-state index is 9.19. The van der Waals surface area contributed by atoms with Gasteiger partial charge in [-0.1, -0.05) is 12.1 Å². The first-order chi connectivity index (χ1) is 8.76. The maximum Gasteiger partial charge on any atom is 0.137 e. The summed E-state index contributed by atoms with van der Waals surface area (Å²) in [5, 5.41) is 9.19. The normalized spacial score (nSPS) is 17.9. The Labute approximate surface area is 122 Å². The summed E-state index contributed by atoms with van der Waals surface area (Å²) in [5.74, 6) is 0.972. The molecular formula is C14H21INO2+.